The summed E-state index contributed by atoms with van der Waals surface area (Å²) in [6.45, 7) is 2.11. The highest BCUT2D eigenvalue weighted by Gasteiger charge is 2.22. The first-order valence-corrected chi connectivity index (χ1v) is 5.00. The monoisotopic (exact) mass is 204 g/mol. The number of nitrogens with zero attached hydrogens (tertiary/aromatic N) is 1. The molecule has 0 saturated heterocycles. The first-order valence-electron chi connectivity index (χ1n) is 5.00. The standard InChI is InChI=1S/C11H12N2O2/c1-6-2-3-7-9(4-6)13-11(15)8(5-12)10(7)14/h6H,2-4H2,1H3,(H2,13,14,15). The molecular weight excluding hydrogens is 192 g/mol. The smallest absolute Gasteiger partial charge is 0.269 e. The van der Waals surface area contributed by atoms with Gasteiger partial charge in [0.05, 0.1) is 0 Å². The van der Waals surface area contributed by atoms with Gasteiger partial charge in [-0.2, -0.15) is 5.26 Å². The van der Waals surface area contributed by atoms with E-state index in [1.807, 2.05) is 0 Å². The zero-order valence-corrected chi connectivity index (χ0v) is 8.50. The molecule has 4 nitrogen and oxygen atoms in total. The zero-order chi connectivity index (χ0) is 11.0. The van der Waals surface area contributed by atoms with Gasteiger partial charge in [-0.05, 0) is 25.2 Å². The van der Waals surface area contributed by atoms with Crippen LogP contribution < -0.4 is 5.56 Å². The summed E-state index contributed by atoms with van der Waals surface area (Å²) in [5.41, 5.74) is 0.880. The van der Waals surface area contributed by atoms with Gasteiger partial charge in [0.15, 0.2) is 5.56 Å². The maximum atomic E-state index is 11.4. The minimum Gasteiger partial charge on any atom is -0.506 e. The van der Waals surface area contributed by atoms with Gasteiger partial charge in [0, 0.05) is 11.3 Å². The van der Waals surface area contributed by atoms with Crippen molar-refractivity contribution >= 4 is 0 Å². The molecule has 15 heavy (non-hydrogen) atoms. The van der Waals surface area contributed by atoms with Crippen LogP contribution in [0, 0.1) is 17.2 Å². The lowest BCUT2D eigenvalue weighted by molar-refractivity contribution is 0.436. The van der Waals surface area contributed by atoms with E-state index in [0.29, 0.717) is 5.92 Å². The second-order valence-corrected chi connectivity index (χ2v) is 4.09. The van der Waals surface area contributed by atoms with Crippen molar-refractivity contribution in [2.75, 3.05) is 0 Å². The van der Waals surface area contributed by atoms with Crippen molar-refractivity contribution in [1.29, 1.82) is 5.26 Å². The van der Waals surface area contributed by atoms with Gasteiger partial charge in [0.1, 0.15) is 11.8 Å². The first kappa shape index (κ1) is 9.78. The van der Waals surface area contributed by atoms with E-state index in [1.54, 1.807) is 6.07 Å². The molecular formula is C11H12N2O2. The second kappa shape index (κ2) is 3.43. The second-order valence-electron chi connectivity index (χ2n) is 4.09. The van der Waals surface area contributed by atoms with E-state index in [4.69, 9.17) is 5.26 Å². The molecule has 78 valence electrons. The number of hydrogen-bond donors (Lipinski definition) is 2. The third-order valence-electron chi connectivity index (χ3n) is 2.93. The zero-order valence-electron chi connectivity index (χ0n) is 8.50. The number of hydrogen-bond acceptors (Lipinski definition) is 3. The van der Waals surface area contributed by atoms with E-state index in [2.05, 4.69) is 11.9 Å². The Morgan fingerprint density at radius 1 is 1.60 bits per heavy atom. The topological polar surface area (TPSA) is 76.9 Å². The van der Waals surface area contributed by atoms with Crippen LogP contribution in [-0.2, 0) is 12.8 Å². The molecule has 1 atom stereocenters. The Balaban J connectivity index is 2.64. The highest BCUT2D eigenvalue weighted by Crippen LogP contribution is 2.30. The molecule has 0 fully saturated rings. The normalized spacial score (nSPS) is 19.3. The molecule has 1 unspecified atom stereocenters. The summed E-state index contributed by atoms with van der Waals surface area (Å²) in [6.07, 6.45) is 2.48. The molecule has 1 heterocycles. The molecule has 2 N–H and O–H groups in total. The molecule has 0 bridgehead atoms. The van der Waals surface area contributed by atoms with Crippen molar-refractivity contribution in [2.45, 2.75) is 26.2 Å². The molecule has 2 rings (SSSR count). The Labute approximate surface area is 87.2 Å². The Hall–Kier alpha value is -1.76. The van der Waals surface area contributed by atoms with Gasteiger partial charge in [-0.1, -0.05) is 6.92 Å². The summed E-state index contributed by atoms with van der Waals surface area (Å²) in [4.78, 5) is 14.1. The number of pyridine rings is 1. The summed E-state index contributed by atoms with van der Waals surface area (Å²) >= 11 is 0. The van der Waals surface area contributed by atoms with Crippen LogP contribution in [0.4, 0.5) is 0 Å². The van der Waals surface area contributed by atoms with E-state index < -0.39 is 5.56 Å². The lowest BCUT2D eigenvalue weighted by Gasteiger charge is -2.21. The van der Waals surface area contributed by atoms with Gasteiger partial charge in [0.2, 0.25) is 0 Å². The van der Waals surface area contributed by atoms with E-state index in [1.165, 1.54) is 0 Å². The quantitative estimate of drug-likeness (QED) is 0.663. The van der Waals surface area contributed by atoms with Crippen LogP contribution in [0.2, 0.25) is 0 Å². The average molecular weight is 204 g/mol. The molecule has 0 aromatic carbocycles. The van der Waals surface area contributed by atoms with Crippen LogP contribution in [0.3, 0.4) is 0 Å². The Morgan fingerprint density at radius 2 is 2.33 bits per heavy atom. The highest BCUT2D eigenvalue weighted by atomic mass is 16.3. The van der Waals surface area contributed by atoms with Gasteiger partial charge in [-0.3, -0.25) is 4.79 Å². The number of aromatic nitrogens is 1. The number of H-pyrrole nitrogens is 1. The molecule has 0 radical (unpaired) electrons. The SMILES string of the molecule is CC1CCc2c([nH]c(=O)c(C#N)c2O)C1. The number of aromatic hydroxyl groups is 1. The Morgan fingerprint density at radius 3 is 3.00 bits per heavy atom. The van der Waals surface area contributed by atoms with Gasteiger partial charge < -0.3 is 10.1 Å². The van der Waals surface area contributed by atoms with Crippen LogP contribution >= 0.6 is 0 Å². The van der Waals surface area contributed by atoms with Crippen LogP contribution in [0.5, 0.6) is 5.75 Å². The van der Waals surface area contributed by atoms with Crippen LogP contribution in [0.15, 0.2) is 4.79 Å². The summed E-state index contributed by atoms with van der Waals surface area (Å²) in [7, 11) is 0. The average Bonchev–Trinajstić information content (AvgIpc) is 2.17. The predicted molar refractivity (Wildman–Crippen MR) is 54.6 cm³/mol. The number of nitriles is 1. The van der Waals surface area contributed by atoms with Crippen molar-refractivity contribution in [3.05, 3.63) is 27.2 Å². The van der Waals surface area contributed by atoms with Crippen molar-refractivity contribution in [1.82, 2.24) is 4.98 Å². The van der Waals surface area contributed by atoms with Crippen molar-refractivity contribution in [3.8, 4) is 11.8 Å². The summed E-state index contributed by atoms with van der Waals surface area (Å²) in [5, 5.41) is 18.5. The molecule has 1 aromatic heterocycles. The molecule has 4 heteroatoms. The summed E-state index contributed by atoms with van der Waals surface area (Å²) < 4.78 is 0. The number of rotatable bonds is 0. The van der Waals surface area contributed by atoms with Gasteiger partial charge >= 0.3 is 0 Å². The van der Waals surface area contributed by atoms with E-state index >= 15 is 0 Å². The summed E-state index contributed by atoms with van der Waals surface area (Å²) in [5.74, 6) is 0.392. The lowest BCUT2D eigenvalue weighted by Crippen LogP contribution is -2.21. The molecule has 1 aliphatic rings. The number of fused-ring (bicyclic) bond motifs is 1. The van der Waals surface area contributed by atoms with Gasteiger partial charge in [0.25, 0.3) is 5.56 Å². The van der Waals surface area contributed by atoms with Crippen molar-refractivity contribution in [2.24, 2.45) is 5.92 Å². The molecule has 0 spiro atoms. The Kier molecular flexibility index (Phi) is 2.24. The fourth-order valence-corrected chi connectivity index (χ4v) is 2.06. The van der Waals surface area contributed by atoms with Crippen LogP contribution in [0.1, 0.15) is 30.2 Å². The van der Waals surface area contributed by atoms with Gasteiger partial charge in [-0.25, -0.2) is 0 Å². The fraction of sp³-hybridized carbons (Fsp3) is 0.455. The molecule has 1 aromatic rings. The predicted octanol–water partition coefficient (Wildman–Crippen LogP) is 1.08. The first-order chi connectivity index (χ1) is 7.13. The van der Waals surface area contributed by atoms with E-state index in [-0.39, 0.29) is 11.3 Å². The highest BCUT2D eigenvalue weighted by molar-refractivity contribution is 5.48. The van der Waals surface area contributed by atoms with Crippen LogP contribution in [0.25, 0.3) is 0 Å². The van der Waals surface area contributed by atoms with E-state index in [9.17, 15) is 9.90 Å². The van der Waals surface area contributed by atoms with Crippen LogP contribution in [-0.4, -0.2) is 10.1 Å². The third kappa shape index (κ3) is 1.50. The van der Waals surface area contributed by atoms with Crippen molar-refractivity contribution < 1.29 is 5.11 Å². The third-order valence-corrected chi connectivity index (χ3v) is 2.93. The molecule has 0 aliphatic heterocycles. The maximum absolute atomic E-state index is 11.4. The minimum absolute atomic E-state index is 0.122. The fourth-order valence-electron chi connectivity index (χ4n) is 2.06. The molecule has 1 aliphatic carbocycles. The maximum Gasteiger partial charge on any atom is 0.269 e. The van der Waals surface area contributed by atoms with Crippen molar-refractivity contribution in [3.63, 3.8) is 0 Å². The summed E-state index contributed by atoms with van der Waals surface area (Å²) in [6, 6.07) is 1.73. The molecule has 0 saturated carbocycles. The largest absolute Gasteiger partial charge is 0.506 e. The Bertz CT molecular complexity index is 497. The molecule has 0 amide bonds. The number of nitrogens with one attached hydrogen (secondary N) is 1. The van der Waals surface area contributed by atoms with Gasteiger partial charge in [-0.15, -0.1) is 0 Å². The van der Waals surface area contributed by atoms with E-state index in [0.717, 1.165) is 30.5 Å². The number of aromatic amines is 1. The minimum atomic E-state index is -0.483. The lowest BCUT2D eigenvalue weighted by atomic mass is 9.87.